The summed E-state index contributed by atoms with van der Waals surface area (Å²) >= 11 is 0. The standard InChI is InChI=1S/C16H26N2O/c1-12(2)10-14-4-6-15(7-5-14)11-16(19)18-9-8-13(3)17/h4-7,12-13H,8-11,17H2,1-3H3,(H,18,19). The molecule has 0 aliphatic carbocycles. The highest BCUT2D eigenvalue weighted by atomic mass is 16.1. The van der Waals surface area contributed by atoms with Gasteiger partial charge >= 0.3 is 0 Å². The molecule has 0 spiro atoms. The number of carbonyl (C=O) groups is 1. The van der Waals surface area contributed by atoms with Crippen LogP contribution in [0, 0.1) is 5.92 Å². The summed E-state index contributed by atoms with van der Waals surface area (Å²) in [6, 6.07) is 8.46. The lowest BCUT2D eigenvalue weighted by molar-refractivity contribution is -0.120. The van der Waals surface area contributed by atoms with Crippen LogP contribution in [0.1, 0.15) is 38.3 Å². The summed E-state index contributed by atoms with van der Waals surface area (Å²) < 4.78 is 0. The van der Waals surface area contributed by atoms with Gasteiger partial charge in [-0.2, -0.15) is 0 Å². The maximum absolute atomic E-state index is 11.7. The van der Waals surface area contributed by atoms with Crippen LogP contribution in [0.15, 0.2) is 24.3 Å². The van der Waals surface area contributed by atoms with Crippen molar-refractivity contribution in [2.75, 3.05) is 6.54 Å². The van der Waals surface area contributed by atoms with Crippen molar-refractivity contribution < 1.29 is 4.79 Å². The number of carbonyl (C=O) groups excluding carboxylic acids is 1. The highest BCUT2D eigenvalue weighted by Gasteiger charge is 2.04. The van der Waals surface area contributed by atoms with Gasteiger partial charge in [-0.3, -0.25) is 4.79 Å². The molecule has 1 aromatic rings. The molecular formula is C16H26N2O. The summed E-state index contributed by atoms with van der Waals surface area (Å²) in [5, 5.41) is 2.89. The zero-order valence-corrected chi connectivity index (χ0v) is 12.3. The predicted octanol–water partition coefficient (Wildman–Crippen LogP) is 2.28. The number of rotatable bonds is 7. The minimum atomic E-state index is 0.0669. The number of hydrogen-bond acceptors (Lipinski definition) is 2. The fraction of sp³-hybridized carbons (Fsp3) is 0.562. The van der Waals surface area contributed by atoms with Crippen molar-refractivity contribution >= 4 is 5.91 Å². The van der Waals surface area contributed by atoms with Crippen molar-refractivity contribution in [2.24, 2.45) is 11.7 Å². The first-order chi connectivity index (χ1) is 8.97. The minimum Gasteiger partial charge on any atom is -0.356 e. The molecule has 0 aromatic heterocycles. The molecule has 106 valence electrons. The van der Waals surface area contributed by atoms with Crippen LogP contribution in [0.2, 0.25) is 0 Å². The van der Waals surface area contributed by atoms with E-state index in [0.29, 0.717) is 18.9 Å². The molecule has 0 saturated carbocycles. The number of benzene rings is 1. The predicted molar refractivity (Wildman–Crippen MR) is 80.0 cm³/mol. The number of nitrogens with two attached hydrogens (primary N) is 1. The molecular weight excluding hydrogens is 236 g/mol. The van der Waals surface area contributed by atoms with Gasteiger partial charge in [0.1, 0.15) is 0 Å². The van der Waals surface area contributed by atoms with E-state index in [1.54, 1.807) is 0 Å². The molecule has 0 radical (unpaired) electrons. The SMILES string of the molecule is CC(C)Cc1ccc(CC(=O)NCCC(C)N)cc1. The fourth-order valence-corrected chi connectivity index (χ4v) is 1.95. The van der Waals surface area contributed by atoms with Crippen molar-refractivity contribution in [1.29, 1.82) is 0 Å². The number of hydrogen-bond donors (Lipinski definition) is 2. The molecule has 3 nitrogen and oxygen atoms in total. The first-order valence-electron chi connectivity index (χ1n) is 7.07. The fourth-order valence-electron chi connectivity index (χ4n) is 1.95. The molecule has 1 amide bonds. The molecule has 3 N–H and O–H groups in total. The molecule has 0 aliphatic rings. The molecule has 19 heavy (non-hydrogen) atoms. The molecule has 0 heterocycles. The smallest absolute Gasteiger partial charge is 0.224 e. The Hall–Kier alpha value is -1.35. The van der Waals surface area contributed by atoms with Crippen molar-refractivity contribution in [3.8, 4) is 0 Å². The molecule has 1 atom stereocenters. The van der Waals surface area contributed by atoms with E-state index in [2.05, 4.69) is 31.3 Å². The van der Waals surface area contributed by atoms with E-state index in [4.69, 9.17) is 5.73 Å². The Labute approximate surface area is 116 Å². The highest BCUT2D eigenvalue weighted by Crippen LogP contribution is 2.10. The van der Waals surface area contributed by atoms with Gasteiger partial charge in [-0.1, -0.05) is 38.1 Å². The topological polar surface area (TPSA) is 55.1 Å². The normalized spacial score (nSPS) is 12.5. The van der Waals surface area contributed by atoms with Crippen LogP contribution in [0.3, 0.4) is 0 Å². The third-order valence-electron chi connectivity index (χ3n) is 2.95. The highest BCUT2D eigenvalue weighted by molar-refractivity contribution is 5.78. The maximum Gasteiger partial charge on any atom is 0.224 e. The zero-order chi connectivity index (χ0) is 14.3. The molecule has 0 saturated heterocycles. The van der Waals surface area contributed by atoms with Crippen LogP contribution in [-0.2, 0) is 17.6 Å². The quantitative estimate of drug-likeness (QED) is 0.792. The Kier molecular flexibility index (Phi) is 6.57. The average molecular weight is 262 g/mol. The second-order valence-corrected chi connectivity index (χ2v) is 5.71. The Morgan fingerprint density at radius 2 is 1.74 bits per heavy atom. The van der Waals surface area contributed by atoms with Crippen molar-refractivity contribution in [1.82, 2.24) is 5.32 Å². The van der Waals surface area contributed by atoms with Gasteiger partial charge in [-0.05, 0) is 36.8 Å². The molecule has 1 aromatic carbocycles. The zero-order valence-electron chi connectivity index (χ0n) is 12.3. The van der Waals surface area contributed by atoms with Crippen LogP contribution in [-0.4, -0.2) is 18.5 Å². The van der Waals surface area contributed by atoms with Gasteiger partial charge in [0.15, 0.2) is 0 Å². The van der Waals surface area contributed by atoms with E-state index < -0.39 is 0 Å². The lowest BCUT2D eigenvalue weighted by atomic mass is 10.0. The van der Waals surface area contributed by atoms with E-state index in [1.807, 2.05) is 19.1 Å². The molecule has 3 heteroatoms. The van der Waals surface area contributed by atoms with Gasteiger partial charge in [0, 0.05) is 12.6 Å². The van der Waals surface area contributed by atoms with Crippen LogP contribution >= 0.6 is 0 Å². The Bertz CT molecular complexity index is 382. The van der Waals surface area contributed by atoms with Gasteiger partial charge in [0.05, 0.1) is 6.42 Å². The summed E-state index contributed by atoms with van der Waals surface area (Å²) in [6.07, 6.45) is 2.35. The maximum atomic E-state index is 11.7. The largest absolute Gasteiger partial charge is 0.356 e. The first kappa shape index (κ1) is 15.7. The van der Waals surface area contributed by atoms with Crippen LogP contribution in [0.25, 0.3) is 0 Å². The first-order valence-corrected chi connectivity index (χ1v) is 7.07. The Morgan fingerprint density at radius 3 is 2.26 bits per heavy atom. The van der Waals surface area contributed by atoms with Crippen molar-refractivity contribution in [3.63, 3.8) is 0 Å². The number of nitrogens with one attached hydrogen (secondary N) is 1. The lowest BCUT2D eigenvalue weighted by Gasteiger charge is -2.08. The Balaban J connectivity index is 2.38. The third kappa shape index (κ3) is 6.97. The summed E-state index contributed by atoms with van der Waals surface area (Å²) in [5.41, 5.74) is 8.03. The van der Waals surface area contributed by atoms with Crippen LogP contribution in [0.4, 0.5) is 0 Å². The number of amides is 1. The van der Waals surface area contributed by atoms with Crippen molar-refractivity contribution in [2.45, 2.75) is 46.1 Å². The van der Waals surface area contributed by atoms with E-state index in [0.717, 1.165) is 18.4 Å². The summed E-state index contributed by atoms with van der Waals surface area (Å²) in [4.78, 5) is 11.7. The summed E-state index contributed by atoms with van der Waals surface area (Å²) in [7, 11) is 0. The monoisotopic (exact) mass is 262 g/mol. The second-order valence-electron chi connectivity index (χ2n) is 5.71. The van der Waals surface area contributed by atoms with Crippen LogP contribution in [0.5, 0.6) is 0 Å². The molecule has 0 fully saturated rings. The minimum absolute atomic E-state index is 0.0669. The lowest BCUT2D eigenvalue weighted by Crippen LogP contribution is -2.29. The molecule has 0 bridgehead atoms. The van der Waals surface area contributed by atoms with Gasteiger partial charge < -0.3 is 11.1 Å². The van der Waals surface area contributed by atoms with E-state index in [9.17, 15) is 4.79 Å². The Morgan fingerprint density at radius 1 is 1.16 bits per heavy atom. The van der Waals surface area contributed by atoms with Crippen molar-refractivity contribution in [3.05, 3.63) is 35.4 Å². The summed E-state index contributed by atoms with van der Waals surface area (Å²) in [5.74, 6) is 0.727. The summed E-state index contributed by atoms with van der Waals surface area (Å²) in [6.45, 7) is 7.02. The van der Waals surface area contributed by atoms with Gasteiger partial charge in [-0.25, -0.2) is 0 Å². The second kappa shape index (κ2) is 7.95. The van der Waals surface area contributed by atoms with E-state index in [1.165, 1.54) is 5.56 Å². The molecule has 1 rings (SSSR count). The van der Waals surface area contributed by atoms with Crippen LogP contribution < -0.4 is 11.1 Å². The molecule has 1 unspecified atom stereocenters. The van der Waals surface area contributed by atoms with Gasteiger partial charge in [0.2, 0.25) is 5.91 Å². The van der Waals surface area contributed by atoms with E-state index in [-0.39, 0.29) is 11.9 Å². The molecule has 0 aliphatic heterocycles. The van der Waals surface area contributed by atoms with Gasteiger partial charge in [0.25, 0.3) is 0 Å². The van der Waals surface area contributed by atoms with E-state index >= 15 is 0 Å². The average Bonchev–Trinajstić information content (AvgIpc) is 2.30. The third-order valence-corrected chi connectivity index (χ3v) is 2.95. The van der Waals surface area contributed by atoms with Gasteiger partial charge in [-0.15, -0.1) is 0 Å².